The highest BCUT2D eigenvalue weighted by atomic mass is 16.4. The standard InChI is InChI=1S/C18H36O3/c1-2-3-4-5-6-7-8-9-10-11-12-13-14-15-16-17(19)18(20)21/h17,19H,2-16H2,1H3,(H,20,21)/p-1/t17-/m0/s1. The van der Waals surface area contributed by atoms with Crippen molar-refractivity contribution in [3.05, 3.63) is 0 Å². The van der Waals surface area contributed by atoms with Gasteiger partial charge in [-0.25, -0.2) is 0 Å². The first-order chi connectivity index (χ1) is 10.2. The van der Waals surface area contributed by atoms with E-state index in [0.29, 0.717) is 6.42 Å². The van der Waals surface area contributed by atoms with Crippen molar-refractivity contribution < 1.29 is 15.0 Å². The van der Waals surface area contributed by atoms with Gasteiger partial charge in [0.25, 0.3) is 0 Å². The number of aliphatic hydroxyl groups excluding tert-OH is 1. The predicted molar refractivity (Wildman–Crippen MR) is 85.9 cm³/mol. The highest BCUT2D eigenvalue weighted by molar-refractivity contribution is 5.69. The van der Waals surface area contributed by atoms with E-state index in [0.717, 1.165) is 19.3 Å². The van der Waals surface area contributed by atoms with E-state index in [1.54, 1.807) is 0 Å². The number of carbonyl (C=O) groups excluding carboxylic acids is 1. The molecule has 0 aromatic rings. The van der Waals surface area contributed by atoms with Crippen LogP contribution in [0, 0.1) is 0 Å². The lowest BCUT2D eigenvalue weighted by molar-refractivity contribution is -0.315. The summed E-state index contributed by atoms with van der Waals surface area (Å²) in [5.74, 6) is -1.34. The smallest absolute Gasteiger partial charge is 0.0933 e. The summed E-state index contributed by atoms with van der Waals surface area (Å²) < 4.78 is 0. The fourth-order valence-electron chi connectivity index (χ4n) is 2.65. The van der Waals surface area contributed by atoms with Gasteiger partial charge in [0.05, 0.1) is 12.1 Å². The molecule has 0 unspecified atom stereocenters. The number of hydrogen-bond donors (Lipinski definition) is 1. The molecule has 3 nitrogen and oxygen atoms in total. The Labute approximate surface area is 131 Å². The first kappa shape index (κ1) is 20.4. The Bertz CT molecular complexity index is 229. The second-order valence-electron chi connectivity index (χ2n) is 6.22. The molecule has 0 rings (SSSR count). The minimum Gasteiger partial charge on any atom is -0.547 e. The number of aliphatic hydroxyl groups is 1. The van der Waals surface area contributed by atoms with E-state index in [2.05, 4.69) is 6.92 Å². The quantitative estimate of drug-likeness (QED) is 0.439. The van der Waals surface area contributed by atoms with Gasteiger partial charge >= 0.3 is 0 Å². The summed E-state index contributed by atoms with van der Waals surface area (Å²) in [4.78, 5) is 10.3. The Morgan fingerprint density at radius 1 is 0.762 bits per heavy atom. The first-order valence-corrected chi connectivity index (χ1v) is 9.07. The second kappa shape index (κ2) is 15.8. The average Bonchev–Trinajstić information content (AvgIpc) is 2.47. The molecule has 1 N–H and O–H groups in total. The summed E-state index contributed by atoms with van der Waals surface area (Å²) >= 11 is 0. The van der Waals surface area contributed by atoms with Gasteiger partial charge in [0.2, 0.25) is 0 Å². The number of carbonyl (C=O) groups is 1. The van der Waals surface area contributed by atoms with Gasteiger partial charge in [0.15, 0.2) is 0 Å². The van der Waals surface area contributed by atoms with Gasteiger partial charge in [0.1, 0.15) is 0 Å². The van der Waals surface area contributed by atoms with Crippen LogP contribution < -0.4 is 5.11 Å². The molecule has 126 valence electrons. The van der Waals surface area contributed by atoms with E-state index in [-0.39, 0.29) is 0 Å². The molecular weight excluding hydrogens is 264 g/mol. The molecule has 21 heavy (non-hydrogen) atoms. The van der Waals surface area contributed by atoms with Crippen LogP contribution in [-0.2, 0) is 4.79 Å². The van der Waals surface area contributed by atoms with Gasteiger partial charge < -0.3 is 15.0 Å². The van der Waals surface area contributed by atoms with Crippen molar-refractivity contribution in [1.82, 2.24) is 0 Å². The number of carboxylic acids is 1. The third kappa shape index (κ3) is 15.6. The number of carboxylic acid groups (broad SMARTS) is 1. The topological polar surface area (TPSA) is 60.4 Å². The van der Waals surface area contributed by atoms with E-state index in [1.165, 1.54) is 70.6 Å². The number of unbranched alkanes of at least 4 members (excludes halogenated alkanes) is 13. The van der Waals surface area contributed by atoms with Crippen LogP contribution in [0.15, 0.2) is 0 Å². The normalized spacial score (nSPS) is 12.5. The van der Waals surface area contributed by atoms with Crippen LogP contribution in [-0.4, -0.2) is 17.2 Å². The first-order valence-electron chi connectivity index (χ1n) is 9.07. The monoisotopic (exact) mass is 299 g/mol. The van der Waals surface area contributed by atoms with E-state index in [9.17, 15) is 9.90 Å². The van der Waals surface area contributed by atoms with E-state index in [4.69, 9.17) is 5.11 Å². The Hall–Kier alpha value is -0.570. The van der Waals surface area contributed by atoms with Crippen molar-refractivity contribution in [2.75, 3.05) is 0 Å². The molecule has 0 bridgehead atoms. The SMILES string of the molecule is CCCCCCCCCCCCCCCC[C@H](O)C(=O)[O-]. The second-order valence-corrected chi connectivity index (χ2v) is 6.22. The number of hydrogen-bond acceptors (Lipinski definition) is 3. The van der Waals surface area contributed by atoms with Crippen LogP contribution in [0.1, 0.15) is 103 Å². The van der Waals surface area contributed by atoms with Crippen LogP contribution in [0.25, 0.3) is 0 Å². The van der Waals surface area contributed by atoms with Crippen LogP contribution >= 0.6 is 0 Å². The Balaban J connectivity index is 3.04. The highest BCUT2D eigenvalue weighted by Crippen LogP contribution is 2.13. The van der Waals surface area contributed by atoms with Gasteiger partial charge in [-0.05, 0) is 6.42 Å². The van der Waals surface area contributed by atoms with Crippen molar-refractivity contribution in [1.29, 1.82) is 0 Å². The Morgan fingerprint density at radius 3 is 1.43 bits per heavy atom. The van der Waals surface area contributed by atoms with Gasteiger partial charge in [-0.2, -0.15) is 0 Å². The highest BCUT2D eigenvalue weighted by Gasteiger charge is 2.03. The molecule has 0 fully saturated rings. The van der Waals surface area contributed by atoms with Crippen LogP contribution in [0.3, 0.4) is 0 Å². The van der Waals surface area contributed by atoms with Crippen LogP contribution in [0.5, 0.6) is 0 Å². The van der Waals surface area contributed by atoms with E-state index < -0.39 is 12.1 Å². The zero-order valence-electron chi connectivity index (χ0n) is 13.9. The van der Waals surface area contributed by atoms with Gasteiger partial charge in [-0.15, -0.1) is 0 Å². The molecule has 0 aromatic carbocycles. The molecule has 0 spiro atoms. The van der Waals surface area contributed by atoms with Crippen LogP contribution in [0.2, 0.25) is 0 Å². The lowest BCUT2D eigenvalue weighted by Gasteiger charge is -2.10. The molecule has 0 heterocycles. The van der Waals surface area contributed by atoms with Crippen LogP contribution in [0.4, 0.5) is 0 Å². The summed E-state index contributed by atoms with van der Waals surface area (Å²) in [6, 6.07) is 0. The number of rotatable bonds is 16. The Morgan fingerprint density at radius 2 is 1.10 bits per heavy atom. The molecule has 0 aromatic heterocycles. The van der Waals surface area contributed by atoms with Crippen molar-refractivity contribution in [2.24, 2.45) is 0 Å². The fourth-order valence-corrected chi connectivity index (χ4v) is 2.65. The van der Waals surface area contributed by atoms with Gasteiger partial charge in [0, 0.05) is 0 Å². The molecular formula is C18H35O3-. The summed E-state index contributed by atoms with van der Waals surface area (Å²) in [5.41, 5.74) is 0. The van der Waals surface area contributed by atoms with Gasteiger partial charge in [-0.3, -0.25) is 0 Å². The lowest BCUT2D eigenvalue weighted by atomic mass is 10.0. The maximum atomic E-state index is 10.3. The Kier molecular flexibility index (Phi) is 15.4. The molecule has 0 saturated carbocycles. The molecule has 0 aliphatic heterocycles. The third-order valence-corrected chi connectivity index (χ3v) is 4.10. The summed E-state index contributed by atoms with van der Waals surface area (Å²) in [5, 5.41) is 19.4. The largest absolute Gasteiger partial charge is 0.547 e. The van der Waals surface area contributed by atoms with Gasteiger partial charge in [-0.1, -0.05) is 96.8 Å². The zero-order valence-corrected chi connectivity index (χ0v) is 13.9. The minimum atomic E-state index is -1.34. The summed E-state index contributed by atoms with van der Waals surface area (Å²) in [7, 11) is 0. The number of aliphatic carboxylic acids is 1. The maximum Gasteiger partial charge on any atom is 0.0933 e. The van der Waals surface area contributed by atoms with E-state index in [1.807, 2.05) is 0 Å². The molecule has 0 aliphatic carbocycles. The van der Waals surface area contributed by atoms with Crippen molar-refractivity contribution in [3.63, 3.8) is 0 Å². The minimum absolute atomic E-state index is 0.334. The average molecular weight is 299 g/mol. The summed E-state index contributed by atoms with van der Waals surface area (Å²) in [6.45, 7) is 2.26. The zero-order chi connectivity index (χ0) is 15.8. The van der Waals surface area contributed by atoms with Crippen molar-refractivity contribution in [3.8, 4) is 0 Å². The molecule has 0 radical (unpaired) electrons. The lowest BCUT2D eigenvalue weighted by Crippen LogP contribution is -2.35. The summed E-state index contributed by atoms with van der Waals surface area (Å²) in [6.07, 6.45) is 16.9. The molecule has 1 atom stereocenters. The maximum absolute atomic E-state index is 10.3. The molecule has 3 heteroatoms. The predicted octanol–water partition coefficient (Wildman–Crippen LogP) is 3.97. The molecule has 0 saturated heterocycles. The van der Waals surface area contributed by atoms with E-state index >= 15 is 0 Å². The van der Waals surface area contributed by atoms with Crippen molar-refractivity contribution >= 4 is 5.97 Å². The third-order valence-electron chi connectivity index (χ3n) is 4.10. The molecule has 0 aliphatic rings. The fraction of sp³-hybridized carbons (Fsp3) is 0.944. The molecule has 0 amide bonds. The van der Waals surface area contributed by atoms with Crippen molar-refractivity contribution in [2.45, 2.75) is 109 Å².